The van der Waals surface area contributed by atoms with Crippen molar-refractivity contribution in [2.45, 2.75) is 20.1 Å². The summed E-state index contributed by atoms with van der Waals surface area (Å²) in [6, 6.07) is 19.1. The molecule has 3 aromatic carbocycles. The second-order valence-corrected chi connectivity index (χ2v) is 11.3. The third-order valence-electron chi connectivity index (χ3n) is 5.05. The fourth-order valence-electron chi connectivity index (χ4n) is 3.37. The van der Waals surface area contributed by atoms with E-state index in [1.807, 2.05) is 67.6 Å². The van der Waals surface area contributed by atoms with Gasteiger partial charge in [0.1, 0.15) is 6.61 Å². The van der Waals surface area contributed by atoms with Crippen molar-refractivity contribution in [1.82, 2.24) is 4.90 Å². The van der Waals surface area contributed by atoms with E-state index in [9.17, 15) is 9.59 Å². The van der Waals surface area contributed by atoms with Gasteiger partial charge in [0.05, 0.1) is 22.5 Å². The van der Waals surface area contributed by atoms with Crippen LogP contribution in [0.2, 0.25) is 0 Å². The normalized spacial score (nSPS) is 14.6. The van der Waals surface area contributed by atoms with E-state index in [2.05, 4.69) is 47.8 Å². The van der Waals surface area contributed by atoms with Crippen LogP contribution >= 0.6 is 59.6 Å². The zero-order valence-corrected chi connectivity index (χ0v) is 24.2. The number of benzene rings is 3. The number of hydrogen-bond donors (Lipinski definition) is 0. The molecule has 1 aliphatic rings. The lowest BCUT2D eigenvalue weighted by Crippen LogP contribution is -2.27. The molecule has 0 saturated carbocycles. The Hall–Kier alpha value is -2.07. The van der Waals surface area contributed by atoms with E-state index in [4.69, 9.17) is 9.47 Å². The Bertz CT molecular complexity index is 1280. The first kappa shape index (κ1) is 26.0. The highest BCUT2D eigenvalue weighted by atomic mass is 79.9. The van der Waals surface area contributed by atoms with E-state index in [0.717, 1.165) is 37.4 Å². The predicted molar refractivity (Wildman–Crippen MR) is 149 cm³/mol. The molecule has 1 fully saturated rings. The first-order valence-electron chi connectivity index (χ1n) is 10.7. The van der Waals surface area contributed by atoms with Gasteiger partial charge in [-0.25, -0.2) is 0 Å². The molecule has 3 aromatic rings. The fourth-order valence-corrected chi connectivity index (χ4v) is 5.31. The standard InChI is InChI=1S/C26H20Br3NO4S/c1-2-33-22-12-18(11-21(29)24(22)34-15-17-5-9-20(28)10-6-17)13-23-25(31)30(26(32)35-23)14-16-3-7-19(27)8-4-16/h3-13H,2,14-15H2,1H3/b23-13-. The Balaban J connectivity index is 1.54. The average molecular weight is 682 g/mol. The Morgan fingerprint density at radius 3 is 2.14 bits per heavy atom. The Morgan fingerprint density at radius 2 is 1.51 bits per heavy atom. The van der Waals surface area contributed by atoms with E-state index in [1.54, 1.807) is 6.08 Å². The number of rotatable bonds is 8. The van der Waals surface area contributed by atoms with Crippen molar-refractivity contribution in [2.24, 2.45) is 0 Å². The number of thioether (sulfide) groups is 1. The van der Waals surface area contributed by atoms with E-state index < -0.39 is 0 Å². The molecule has 0 aromatic heterocycles. The average Bonchev–Trinajstić information content (AvgIpc) is 3.08. The summed E-state index contributed by atoms with van der Waals surface area (Å²) in [5, 5.41) is -0.289. The number of nitrogens with zero attached hydrogens (tertiary/aromatic N) is 1. The van der Waals surface area contributed by atoms with Crippen LogP contribution in [-0.4, -0.2) is 22.7 Å². The van der Waals surface area contributed by atoms with Crippen LogP contribution in [0.4, 0.5) is 4.79 Å². The fraction of sp³-hybridized carbons (Fsp3) is 0.154. The van der Waals surface area contributed by atoms with Gasteiger partial charge >= 0.3 is 0 Å². The zero-order valence-electron chi connectivity index (χ0n) is 18.6. The highest BCUT2D eigenvalue weighted by Gasteiger charge is 2.35. The van der Waals surface area contributed by atoms with Crippen LogP contribution in [-0.2, 0) is 17.9 Å². The monoisotopic (exact) mass is 679 g/mol. The molecule has 9 heteroatoms. The van der Waals surface area contributed by atoms with Crippen molar-refractivity contribution in [2.75, 3.05) is 6.61 Å². The highest BCUT2D eigenvalue weighted by Crippen LogP contribution is 2.40. The Morgan fingerprint density at radius 1 is 0.886 bits per heavy atom. The van der Waals surface area contributed by atoms with Crippen LogP contribution in [0, 0.1) is 0 Å². The molecule has 0 aliphatic carbocycles. The molecule has 4 rings (SSSR count). The van der Waals surface area contributed by atoms with E-state index in [1.165, 1.54) is 4.90 Å². The maximum atomic E-state index is 13.0. The van der Waals surface area contributed by atoms with E-state index >= 15 is 0 Å². The Kier molecular flexibility index (Phi) is 8.75. The van der Waals surface area contributed by atoms with E-state index in [0.29, 0.717) is 34.1 Å². The van der Waals surface area contributed by atoms with Gasteiger partial charge in [-0.3, -0.25) is 14.5 Å². The van der Waals surface area contributed by atoms with Crippen molar-refractivity contribution in [3.8, 4) is 11.5 Å². The summed E-state index contributed by atoms with van der Waals surface area (Å²) in [4.78, 5) is 27.1. The molecule has 0 spiro atoms. The summed E-state index contributed by atoms with van der Waals surface area (Å²) in [6.45, 7) is 2.95. The molecule has 0 N–H and O–H groups in total. The van der Waals surface area contributed by atoms with Crippen LogP contribution in [0.15, 0.2) is 79.0 Å². The minimum absolute atomic E-state index is 0.228. The molecule has 2 amide bonds. The number of imide groups is 1. The number of hydrogen-bond acceptors (Lipinski definition) is 5. The lowest BCUT2D eigenvalue weighted by atomic mass is 10.1. The molecule has 1 aliphatic heterocycles. The maximum absolute atomic E-state index is 13.0. The Labute approximate surface area is 233 Å². The molecule has 0 unspecified atom stereocenters. The summed E-state index contributed by atoms with van der Waals surface area (Å²) in [5.41, 5.74) is 2.63. The number of amides is 2. The van der Waals surface area contributed by atoms with Gasteiger partial charge in [0, 0.05) is 8.95 Å². The van der Waals surface area contributed by atoms with Gasteiger partial charge in [-0.05, 0) is 93.8 Å². The maximum Gasteiger partial charge on any atom is 0.293 e. The molecule has 5 nitrogen and oxygen atoms in total. The second kappa shape index (κ2) is 11.8. The topological polar surface area (TPSA) is 55.8 Å². The molecular formula is C26H20Br3NO4S. The van der Waals surface area contributed by atoms with E-state index in [-0.39, 0.29) is 17.7 Å². The molecule has 35 heavy (non-hydrogen) atoms. The van der Waals surface area contributed by atoms with Crippen molar-refractivity contribution in [3.63, 3.8) is 0 Å². The van der Waals surface area contributed by atoms with Crippen LogP contribution in [0.25, 0.3) is 6.08 Å². The highest BCUT2D eigenvalue weighted by molar-refractivity contribution is 9.11. The lowest BCUT2D eigenvalue weighted by Gasteiger charge is -2.15. The van der Waals surface area contributed by atoms with Crippen molar-refractivity contribution in [1.29, 1.82) is 0 Å². The van der Waals surface area contributed by atoms with Gasteiger partial charge in [0.15, 0.2) is 11.5 Å². The molecule has 0 radical (unpaired) electrons. The molecule has 0 atom stereocenters. The molecule has 1 heterocycles. The lowest BCUT2D eigenvalue weighted by molar-refractivity contribution is -0.123. The van der Waals surface area contributed by atoms with Gasteiger partial charge in [-0.1, -0.05) is 56.1 Å². The van der Waals surface area contributed by atoms with Gasteiger partial charge in [0.25, 0.3) is 11.1 Å². The van der Waals surface area contributed by atoms with Crippen LogP contribution < -0.4 is 9.47 Å². The zero-order chi connectivity index (χ0) is 24.9. The molecular weight excluding hydrogens is 662 g/mol. The predicted octanol–water partition coefficient (Wildman–Crippen LogP) is 8.19. The van der Waals surface area contributed by atoms with Crippen LogP contribution in [0.1, 0.15) is 23.6 Å². The summed E-state index contributed by atoms with van der Waals surface area (Å²) in [5.74, 6) is 0.821. The minimum atomic E-state index is -0.312. The number of halogens is 3. The minimum Gasteiger partial charge on any atom is -0.490 e. The first-order chi connectivity index (χ1) is 16.8. The van der Waals surface area contributed by atoms with Gasteiger partial charge in [-0.2, -0.15) is 0 Å². The second-order valence-electron chi connectivity index (χ2n) is 7.57. The van der Waals surface area contributed by atoms with Crippen LogP contribution in [0.5, 0.6) is 11.5 Å². The number of ether oxygens (including phenoxy) is 2. The molecule has 0 bridgehead atoms. The van der Waals surface area contributed by atoms with Crippen LogP contribution in [0.3, 0.4) is 0 Å². The van der Waals surface area contributed by atoms with Gasteiger partial charge < -0.3 is 9.47 Å². The SMILES string of the molecule is CCOc1cc(/C=C2\SC(=O)N(Cc3ccc(Br)cc3)C2=O)cc(Br)c1OCc1ccc(Br)cc1. The third kappa shape index (κ3) is 6.58. The summed E-state index contributed by atoms with van der Waals surface area (Å²) in [7, 11) is 0. The van der Waals surface area contributed by atoms with Crippen molar-refractivity contribution >= 4 is 76.8 Å². The summed E-state index contributed by atoms with van der Waals surface area (Å²) >= 11 is 11.3. The third-order valence-corrected chi connectivity index (χ3v) is 7.61. The summed E-state index contributed by atoms with van der Waals surface area (Å²) < 4.78 is 14.5. The summed E-state index contributed by atoms with van der Waals surface area (Å²) in [6.07, 6.45) is 1.71. The smallest absolute Gasteiger partial charge is 0.293 e. The molecule has 180 valence electrons. The quantitative estimate of drug-likeness (QED) is 0.225. The number of carbonyl (C=O) groups excluding carboxylic acids is 2. The van der Waals surface area contributed by atoms with Gasteiger partial charge in [0.2, 0.25) is 0 Å². The largest absolute Gasteiger partial charge is 0.490 e. The van der Waals surface area contributed by atoms with Gasteiger partial charge in [-0.15, -0.1) is 0 Å². The van der Waals surface area contributed by atoms with Crippen molar-refractivity contribution in [3.05, 3.63) is 95.7 Å². The first-order valence-corrected chi connectivity index (χ1v) is 13.9. The molecule has 1 saturated heterocycles. The van der Waals surface area contributed by atoms with Crippen molar-refractivity contribution < 1.29 is 19.1 Å². The number of carbonyl (C=O) groups is 2.